The van der Waals surface area contributed by atoms with E-state index in [1.54, 1.807) is 18.2 Å². The molecule has 17 heavy (non-hydrogen) atoms. The van der Waals surface area contributed by atoms with Crippen molar-refractivity contribution in [2.24, 2.45) is 0 Å². The molecule has 1 aromatic heterocycles. The summed E-state index contributed by atoms with van der Waals surface area (Å²) in [5.74, 6) is 1.04. The molecule has 0 bridgehead atoms. The zero-order valence-corrected chi connectivity index (χ0v) is 10.1. The van der Waals surface area contributed by atoms with Gasteiger partial charge in [0.2, 0.25) is 0 Å². The van der Waals surface area contributed by atoms with Crippen LogP contribution in [0.15, 0.2) is 34.1 Å². The molecule has 0 saturated carbocycles. The molecule has 0 aromatic carbocycles. The number of carbonyl (C=O) groups is 2. The van der Waals surface area contributed by atoms with E-state index in [0.29, 0.717) is 10.7 Å². The van der Waals surface area contributed by atoms with Crippen LogP contribution in [-0.4, -0.2) is 22.6 Å². The number of rotatable bonds is 3. The normalized spacial score (nSPS) is 18.2. The number of hydrogen-bond acceptors (Lipinski definition) is 4. The van der Waals surface area contributed by atoms with Crippen LogP contribution in [-0.2, 0) is 4.79 Å². The Labute approximate surface area is 103 Å². The van der Waals surface area contributed by atoms with Gasteiger partial charge >= 0.3 is 0 Å². The molecule has 5 heteroatoms. The Morgan fingerprint density at radius 2 is 2.24 bits per heavy atom. The maximum Gasteiger partial charge on any atom is 0.293 e. The lowest BCUT2D eigenvalue weighted by molar-refractivity contribution is -0.122. The molecule has 2 heterocycles. The number of amides is 2. The summed E-state index contributed by atoms with van der Waals surface area (Å²) in [4.78, 5) is 24.9. The van der Waals surface area contributed by atoms with Gasteiger partial charge in [0.1, 0.15) is 11.5 Å². The monoisotopic (exact) mass is 249 g/mol. The minimum atomic E-state index is -0.297. The van der Waals surface area contributed by atoms with Crippen LogP contribution in [0.5, 0.6) is 0 Å². The topological polar surface area (TPSA) is 50.5 Å². The molecule has 88 valence electrons. The van der Waals surface area contributed by atoms with Gasteiger partial charge in [0.15, 0.2) is 0 Å². The molecule has 1 saturated heterocycles. The van der Waals surface area contributed by atoms with Crippen molar-refractivity contribution in [3.05, 3.63) is 41.2 Å². The molecular weight excluding hydrogens is 238 g/mol. The molecule has 0 radical (unpaired) electrons. The minimum Gasteiger partial charge on any atom is -0.462 e. The Balaban J connectivity index is 2.24. The van der Waals surface area contributed by atoms with E-state index in [2.05, 4.69) is 6.58 Å². The average Bonchev–Trinajstić information content (AvgIpc) is 2.79. The molecule has 0 N–H and O–H groups in total. The first kappa shape index (κ1) is 11.7. The van der Waals surface area contributed by atoms with Gasteiger partial charge in [-0.05, 0) is 30.8 Å². The lowest BCUT2D eigenvalue weighted by Gasteiger charge is -2.07. The van der Waals surface area contributed by atoms with Gasteiger partial charge in [0, 0.05) is 12.6 Å². The zero-order chi connectivity index (χ0) is 12.4. The molecule has 1 fully saturated rings. The first-order chi connectivity index (χ1) is 8.11. The second-order valence-corrected chi connectivity index (χ2v) is 4.52. The van der Waals surface area contributed by atoms with E-state index in [0.717, 1.165) is 22.4 Å². The molecule has 0 atom stereocenters. The standard InChI is InChI=1S/C12H11NO3S/c1-3-6-13-11(14)10(17-12(13)15)7-9-5-4-8(2)16-9/h3-5,7H,1,6H2,2H3. The molecule has 2 amide bonds. The van der Waals surface area contributed by atoms with Crippen LogP contribution >= 0.6 is 11.8 Å². The van der Waals surface area contributed by atoms with Crippen molar-refractivity contribution in [2.75, 3.05) is 6.54 Å². The number of furan rings is 1. The predicted molar refractivity (Wildman–Crippen MR) is 66.3 cm³/mol. The highest BCUT2D eigenvalue weighted by Crippen LogP contribution is 2.32. The van der Waals surface area contributed by atoms with Crippen LogP contribution in [0.4, 0.5) is 4.79 Å². The SMILES string of the molecule is C=CCN1C(=O)SC(=Cc2ccc(C)o2)C1=O. The quantitative estimate of drug-likeness (QED) is 0.610. The second-order valence-electron chi connectivity index (χ2n) is 3.53. The van der Waals surface area contributed by atoms with E-state index >= 15 is 0 Å². The lowest BCUT2D eigenvalue weighted by atomic mass is 10.3. The van der Waals surface area contributed by atoms with Crippen LogP contribution in [0.3, 0.4) is 0 Å². The molecular formula is C12H11NO3S. The Morgan fingerprint density at radius 3 is 2.82 bits per heavy atom. The highest BCUT2D eigenvalue weighted by molar-refractivity contribution is 8.18. The highest BCUT2D eigenvalue weighted by Gasteiger charge is 2.34. The number of imide groups is 1. The number of hydrogen-bond donors (Lipinski definition) is 0. The van der Waals surface area contributed by atoms with E-state index in [-0.39, 0.29) is 17.7 Å². The fourth-order valence-electron chi connectivity index (χ4n) is 1.45. The van der Waals surface area contributed by atoms with Crippen molar-refractivity contribution in [1.82, 2.24) is 4.90 Å². The Morgan fingerprint density at radius 1 is 1.47 bits per heavy atom. The van der Waals surface area contributed by atoms with Crippen LogP contribution in [0.2, 0.25) is 0 Å². The van der Waals surface area contributed by atoms with Gasteiger partial charge in [-0.1, -0.05) is 6.08 Å². The van der Waals surface area contributed by atoms with Crippen LogP contribution in [0.1, 0.15) is 11.5 Å². The largest absolute Gasteiger partial charge is 0.462 e. The average molecular weight is 249 g/mol. The first-order valence-electron chi connectivity index (χ1n) is 5.04. The fourth-order valence-corrected chi connectivity index (χ4v) is 2.28. The summed E-state index contributed by atoms with van der Waals surface area (Å²) in [7, 11) is 0. The molecule has 0 unspecified atom stereocenters. The van der Waals surface area contributed by atoms with Gasteiger partial charge in [-0.3, -0.25) is 14.5 Å². The summed E-state index contributed by atoms with van der Waals surface area (Å²) in [6.07, 6.45) is 3.11. The third-order valence-corrected chi connectivity index (χ3v) is 3.13. The first-order valence-corrected chi connectivity index (χ1v) is 5.86. The molecule has 1 aliphatic rings. The zero-order valence-electron chi connectivity index (χ0n) is 9.30. The van der Waals surface area contributed by atoms with Gasteiger partial charge in [-0.2, -0.15) is 0 Å². The Bertz CT molecular complexity index is 516. The van der Waals surface area contributed by atoms with Crippen molar-refractivity contribution in [3.8, 4) is 0 Å². The summed E-state index contributed by atoms with van der Waals surface area (Å²) < 4.78 is 5.33. The van der Waals surface area contributed by atoms with Crippen LogP contribution in [0.25, 0.3) is 6.08 Å². The number of carbonyl (C=O) groups excluding carboxylic acids is 2. The maximum absolute atomic E-state index is 11.8. The van der Waals surface area contributed by atoms with E-state index in [1.165, 1.54) is 6.08 Å². The fraction of sp³-hybridized carbons (Fsp3) is 0.167. The van der Waals surface area contributed by atoms with Gasteiger partial charge in [0.25, 0.3) is 11.1 Å². The smallest absolute Gasteiger partial charge is 0.293 e. The van der Waals surface area contributed by atoms with E-state index in [4.69, 9.17) is 4.42 Å². The van der Waals surface area contributed by atoms with Gasteiger partial charge in [-0.15, -0.1) is 6.58 Å². The molecule has 0 aliphatic carbocycles. The predicted octanol–water partition coefficient (Wildman–Crippen LogP) is 2.81. The molecule has 1 aliphatic heterocycles. The molecule has 1 aromatic rings. The van der Waals surface area contributed by atoms with E-state index in [1.807, 2.05) is 6.92 Å². The number of aryl methyl sites for hydroxylation is 1. The Kier molecular flexibility index (Phi) is 3.19. The molecule has 2 rings (SSSR count). The minimum absolute atomic E-state index is 0.235. The second kappa shape index (κ2) is 4.63. The maximum atomic E-state index is 11.8. The summed E-state index contributed by atoms with van der Waals surface area (Å²) >= 11 is 0.917. The van der Waals surface area contributed by atoms with Crippen molar-refractivity contribution in [3.63, 3.8) is 0 Å². The molecule has 4 nitrogen and oxygen atoms in total. The van der Waals surface area contributed by atoms with Gasteiger partial charge < -0.3 is 4.42 Å². The van der Waals surface area contributed by atoms with Crippen LogP contribution < -0.4 is 0 Å². The Hall–Kier alpha value is -1.75. The van der Waals surface area contributed by atoms with Crippen molar-refractivity contribution in [1.29, 1.82) is 0 Å². The highest BCUT2D eigenvalue weighted by atomic mass is 32.2. The van der Waals surface area contributed by atoms with E-state index in [9.17, 15) is 9.59 Å². The third-order valence-electron chi connectivity index (χ3n) is 2.22. The third kappa shape index (κ3) is 2.34. The van der Waals surface area contributed by atoms with Crippen molar-refractivity contribution in [2.45, 2.75) is 6.92 Å². The summed E-state index contributed by atoms with van der Waals surface area (Å²) in [6, 6.07) is 3.57. The van der Waals surface area contributed by atoms with Crippen LogP contribution in [0, 0.1) is 6.92 Å². The lowest BCUT2D eigenvalue weighted by Crippen LogP contribution is -2.27. The number of nitrogens with zero attached hydrogens (tertiary/aromatic N) is 1. The summed E-state index contributed by atoms with van der Waals surface area (Å²) in [5, 5.41) is -0.274. The van der Waals surface area contributed by atoms with Gasteiger partial charge in [-0.25, -0.2) is 0 Å². The molecule has 0 spiro atoms. The van der Waals surface area contributed by atoms with Gasteiger partial charge in [0.05, 0.1) is 4.91 Å². The summed E-state index contributed by atoms with van der Waals surface area (Å²) in [5.41, 5.74) is 0. The summed E-state index contributed by atoms with van der Waals surface area (Å²) in [6.45, 7) is 5.57. The van der Waals surface area contributed by atoms with E-state index < -0.39 is 0 Å². The number of thioether (sulfide) groups is 1. The van der Waals surface area contributed by atoms with Crippen molar-refractivity contribution < 1.29 is 14.0 Å². The van der Waals surface area contributed by atoms with Crippen molar-refractivity contribution >= 4 is 29.0 Å².